The van der Waals surface area contributed by atoms with E-state index in [-0.39, 0.29) is 0 Å². The van der Waals surface area contributed by atoms with Gasteiger partial charge in [0, 0.05) is 12.6 Å². The molecule has 1 aliphatic carbocycles. The Morgan fingerprint density at radius 3 is 2.75 bits per heavy atom. The van der Waals surface area contributed by atoms with E-state index in [2.05, 4.69) is 5.32 Å². The largest absolute Gasteiger partial charge is 0.375 e. The Kier molecular flexibility index (Phi) is 4.46. The minimum Gasteiger partial charge on any atom is -0.375 e. The highest BCUT2D eigenvalue weighted by atomic mass is 19.3. The molecule has 2 nitrogen and oxygen atoms in total. The van der Waals surface area contributed by atoms with Crippen LogP contribution < -0.4 is 5.32 Å². The first-order chi connectivity index (χ1) is 5.79. The standard InChI is InChI=1S/C8H15F2NO/c9-8(10)6-12-5-1-4-11-7-2-3-7/h7-8,11H,1-6H2. The zero-order valence-electron chi connectivity index (χ0n) is 7.06. The van der Waals surface area contributed by atoms with E-state index in [1.54, 1.807) is 0 Å². The molecular formula is C8H15F2NO. The van der Waals surface area contributed by atoms with Crippen molar-refractivity contribution in [1.82, 2.24) is 5.32 Å². The van der Waals surface area contributed by atoms with Crippen LogP contribution in [0.15, 0.2) is 0 Å². The predicted molar refractivity (Wildman–Crippen MR) is 42.5 cm³/mol. The van der Waals surface area contributed by atoms with Crippen LogP contribution in [0.3, 0.4) is 0 Å². The minimum atomic E-state index is -2.33. The van der Waals surface area contributed by atoms with Crippen molar-refractivity contribution in [3.05, 3.63) is 0 Å². The monoisotopic (exact) mass is 179 g/mol. The van der Waals surface area contributed by atoms with Gasteiger partial charge < -0.3 is 10.1 Å². The van der Waals surface area contributed by atoms with Gasteiger partial charge in [-0.3, -0.25) is 0 Å². The van der Waals surface area contributed by atoms with Crippen LogP contribution >= 0.6 is 0 Å². The maximum Gasteiger partial charge on any atom is 0.261 e. The molecule has 0 aliphatic heterocycles. The Morgan fingerprint density at radius 1 is 1.42 bits per heavy atom. The van der Waals surface area contributed by atoms with E-state index in [4.69, 9.17) is 4.74 Å². The molecule has 0 amide bonds. The Labute approximate surface area is 71.3 Å². The number of ether oxygens (including phenoxy) is 1. The van der Waals surface area contributed by atoms with Crippen molar-refractivity contribution in [1.29, 1.82) is 0 Å². The highest BCUT2D eigenvalue weighted by Crippen LogP contribution is 2.18. The van der Waals surface area contributed by atoms with Gasteiger partial charge in [0.2, 0.25) is 0 Å². The van der Waals surface area contributed by atoms with Crippen molar-refractivity contribution in [2.45, 2.75) is 31.7 Å². The highest BCUT2D eigenvalue weighted by molar-refractivity contribution is 4.80. The first-order valence-electron chi connectivity index (χ1n) is 4.38. The topological polar surface area (TPSA) is 21.3 Å². The van der Waals surface area contributed by atoms with E-state index in [9.17, 15) is 8.78 Å². The summed E-state index contributed by atoms with van der Waals surface area (Å²) in [6, 6.07) is 0.695. The molecule has 1 fully saturated rings. The van der Waals surface area contributed by atoms with Gasteiger partial charge in [0.25, 0.3) is 6.43 Å². The highest BCUT2D eigenvalue weighted by Gasteiger charge is 2.19. The number of halogens is 2. The first kappa shape index (κ1) is 9.86. The molecule has 0 unspecified atom stereocenters. The number of hydrogen-bond acceptors (Lipinski definition) is 2. The fraction of sp³-hybridized carbons (Fsp3) is 1.00. The minimum absolute atomic E-state index is 0.427. The van der Waals surface area contributed by atoms with E-state index in [0.717, 1.165) is 13.0 Å². The van der Waals surface area contributed by atoms with Gasteiger partial charge in [-0.15, -0.1) is 0 Å². The van der Waals surface area contributed by atoms with E-state index >= 15 is 0 Å². The molecule has 0 aromatic heterocycles. The van der Waals surface area contributed by atoms with Crippen LogP contribution in [0.4, 0.5) is 8.78 Å². The summed E-state index contributed by atoms with van der Waals surface area (Å²) in [5.74, 6) is 0. The second-order valence-electron chi connectivity index (χ2n) is 3.05. The van der Waals surface area contributed by atoms with Gasteiger partial charge in [0.1, 0.15) is 6.61 Å². The lowest BCUT2D eigenvalue weighted by Gasteiger charge is -2.03. The van der Waals surface area contributed by atoms with E-state index in [1.807, 2.05) is 0 Å². The third-order valence-electron chi connectivity index (χ3n) is 1.72. The van der Waals surface area contributed by atoms with Gasteiger partial charge in [-0.1, -0.05) is 0 Å². The smallest absolute Gasteiger partial charge is 0.261 e. The molecule has 0 saturated heterocycles. The lowest BCUT2D eigenvalue weighted by atomic mass is 10.4. The molecule has 1 rings (SSSR count). The molecule has 0 heterocycles. The molecule has 0 radical (unpaired) electrons. The molecule has 1 saturated carbocycles. The molecule has 72 valence electrons. The summed E-state index contributed by atoms with van der Waals surface area (Å²) in [5.41, 5.74) is 0. The molecule has 4 heteroatoms. The second kappa shape index (κ2) is 5.43. The van der Waals surface area contributed by atoms with Crippen LogP contribution in [-0.4, -0.2) is 32.2 Å². The van der Waals surface area contributed by atoms with Crippen molar-refractivity contribution in [2.75, 3.05) is 19.8 Å². The van der Waals surface area contributed by atoms with Crippen LogP contribution in [0.25, 0.3) is 0 Å². The first-order valence-corrected chi connectivity index (χ1v) is 4.38. The average molecular weight is 179 g/mol. The number of hydrogen-bond donors (Lipinski definition) is 1. The average Bonchev–Trinajstić information content (AvgIpc) is 2.79. The van der Waals surface area contributed by atoms with Crippen LogP contribution in [0.5, 0.6) is 0 Å². The summed E-state index contributed by atoms with van der Waals surface area (Å²) in [5, 5.41) is 3.28. The lowest BCUT2D eigenvalue weighted by Crippen LogP contribution is -2.19. The van der Waals surface area contributed by atoms with Gasteiger partial charge >= 0.3 is 0 Å². The van der Waals surface area contributed by atoms with Crippen molar-refractivity contribution in [3.63, 3.8) is 0 Å². The van der Waals surface area contributed by atoms with Crippen molar-refractivity contribution >= 4 is 0 Å². The zero-order chi connectivity index (χ0) is 8.81. The third kappa shape index (κ3) is 5.43. The summed E-state index contributed by atoms with van der Waals surface area (Å²) in [7, 11) is 0. The molecule has 1 N–H and O–H groups in total. The van der Waals surface area contributed by atoms with Gasteiger partial charge in [0.15, 0.2) is 0 Å². The Hall–Kier alpha value is -0.220. The van der Waals surface area contributed by atoms with Gasteiger partial charge in [-0.05, 0) is 25.8 Å². The summed E-state index contributed by atoms with van der Waals surface area (Å²) >= 11 is 0. The van der Waals surface area contributed by atoms with Crippen LogP contribution in [-0.2, 0) is 4.74 Å². The number of alkyl halides is 2. The SMILES string of the molecule is FC(F)COCCCNC1CC1. The van der Waals surface area contributed by atoms with Crippen molar-refractivity contribution in [2.24, 2.45) is 0 Å². The molecular weight excluding hydrogens is 164 g/mol. The van der Waals surface area contributed by atoms with E-state index < -0.39 is 13.0 Å². The summed E-state index contributed by atoms with van der Waals surface area (Å²) in [6.07, 6.45) is 1.01. The van der Waals surface area contributed by atoms with E-state index in [1.165, 1.54) is 12.8 Å². The summed E-state index contributed by atoms with van der Waals surface area (Å²) < 4.78 is 27.8. The number of nitrogens with one attached hydrogen (secondary N) is 1. The Morgan fingerprint density at radius 2 is 2.17 bits per heavy atom. The third-order valence-corrected chi connectivity index (χ3v) is 1.72. The van der Waals surface area contributed by atoms with Crippen LogP contribution in [0, 0.1) is 0 Å². The van der Waals surface area contributed by atoms with Gasteiger partial charge in [-0.25, -0.2) is 8.78 Å². The number of rotatable bonds is 7. The molecule has 0 spiro atoms. The molecule has 0 aromatic rings. The van der Waals surface area contributed by atoms with Crippen LogP contribution in [0.2, 0.25) is 0 Å². The fourth-order valence-corrected chi connectivity index (χ4v) is 0.940. The quantitative estimate of drug-likeness (QED) is 0.597. The van der Waals surface area contributed by atoms with E-state index in [0.29, 0.717) is 12.6 Å². The van der Waals surface area contributed by atoms with Gasteiger partial charge in [0.05, 0.1) is 0 Å². The Balaban J connectivity index is 1.70. The molecule has 12 heavy (non-hydrogen) atoms. The maximum absolute atomic E-state index is 11.5. The van der Waals surface area contributed by atoms with Crippen LogP contribution in [0.1, 0.15) is 19.3 Å². The molecule has 0 atom stereocenters. The molecule has 0 bridgehead atoms. The molecule has 1 aliphatic rings. The normalized spacial score (nSPS) is 17.2. The second-order valence-corrected chi connectivity index (χ2v) is 3.05. The fourth-order valence-electron chi connectivity index (χ4n) is 0.940. The van der Waals surface area contributed by atoms with Crippen molar-refractivity contribution in [3.8, 4) is 0 Å². The molecule has 0 aromatic carbocycles. The lowest BCUT2D eigenvalue weighted by molar-refractivity contribution is 0.0168. The van der Waals surface area contributed by atoms with Crippen molar-refractivity contribution < 1.29 is 13.5 Å². The Bertz CT molecular complexity index is 112. The summed E-state index contributed by atoms with van der Waals surface area (Å²) in [4.78, 5) is 0. The predicted octanol–water partition coefficient (Wildman–Crippen LogP) is 1.41. The maximum atomic E-state index is 11.5. The summed E-state index contributed by atoms with van der Waals surface area (Å²) in [6.45, 7) is 0.890. The zero-order valence-corrected chi connectivity index (χ0v) is 7.06. The van der Waals surface area contributed by atoms with Gasteiger partial charge in [-0.2, -0.15) is 0 Å².